The van der Waals surface area contributed by atoms with Crippen LogP contribution in [-0.4, -0.2) is 35.4 Å². The summed E-state index contributed by atoms with van der Waals surface area (Å²) in [6.07, 6.45) is 1.14. The number of aryl methyl sites for hydroxylation is 1. The van der Waals surface area contributed by atoms with Crippen molar-refractivity contribution >= 4 is 34.5 Å². The fourth-order valence-electron chi connectivity index (χ4n) is 3.50. The molecule has 4 rings (SSSR count). The lowest BCUT2D eigenvalue weighted by Gasteiger charge is -2.18. The summed E-state index contributed by atoms with van der Waals surface area (Å²) >= 11 is 1.59. The van der Waals surface area contributed by atoms with Crippen molar-refractivity contribution in [1.82, 2.24) is 9.88 Å². The third-order valence-corrected chi connectivity index (χ3v) is 5.56. The van der Waals surface area contributed by atoms with E-state index < -0.39 is 0 Å². The summed E-state index contributed by atoms with van der Waals surface area (Å²) in [4.78, 5) is 30.3. The Balaban J connectivity index is 1.28. The Hall–Kier alpha value is -3.23. The van der Waals surface area contributed by atoms with Crippen molar-refractivity contribution in [2.45, 2.75) is 25.9 Å². The van der Waals surface area contributed by atoms with E-state index in [-0.39, 0.29) is 18.4 Å². The first-order valence-corrected chi connectivity index (χ1v) is 11.0. The van der Waals surface area contributed by atoms with Gasteiger partial charge in [0.15, 0.2) is 6.61 Å². The second-order valence-corrected chi connectivity index (χ2v) is 8.28. The summed E-state index contributed by atoms with van der Waals surface area (Å²) in [5.41, 5.74) is 6.56. The molecule has 0 unspecified atom stereocenters. The molecule has 0 bridgehead atoms. The van der Waals surface area contributed by atoms with E-state index >= 15 is 0 Å². The van der Waals surface area contributed by atoms with Gasteiger partial charge in [0.2, 0.25) is 5.91 Å². The van der Waals surface area contributed by atoms with Crippen LogP contribution in [0.5, 0.6) is 5.75 Å². The van der Waals surface area contributed by atoms with E-state index in [0.717, 1.165) is 41.3 Å². The summed E-state index contributed by atoms with van der Waals surface area (Å²) in [5, 5.41) is 7.77. The SMILES string of the molecule is CN(Cc1cccc(NC(=O)COc2ccc3c(c2)CCC(=O)N3)c1)Cc1cscn1. The number of ether oxygens (including phenoxy) is 1. The van der Waals surface area contributed by atoms with Crippen LogP contribution < -0.4 is 15.4 Å². The highest BCUT2D eigenvalue weighted by atomic mass is 32.1. The first-order chi connectivity index (χ1) is 15.0. The average Bonchev–Trinajstić information content (AvgIpc) is 3.25. The molecule has 1 aliphatic heterocycles. The predicted octanol–water partition coefficient (Wildman–Crippen LogP) is 3.68. The van der Waals surface area contributed by atoms with Crippen LogP contribution in [0.1, 0.15) is 23.2 Å². The van der Waals surface area contributed by atoms with Crippen LogP contribution >= 0.6 is 11.3 Å². The molecule has 160 valence electrons. The molecule has 0 fully saturated rings. The summed E-state index contributed by atoms with van der Waals surface area (Å²) in [6, 6.07) is 13.2. The zero-order valence-electron chi connectivity index (χ0n) is 17.3. The zero-order chi connectivity index (χ0) is 21.6. The topological polar surface area (TPSA) is 83.6 Å². The van der Waals surface area contributed by atoms with Crippen molar-refractivity contribution in [2.24, 2.45) is 0 Å². The van der Waals surface area contributed by atoms with E-state index in [0.29, 0.717) is 18.6 Å². The van der Waals surface area contributed by atoms with Gasteiger partial charge >= 0.3 is 0 Å². The minimum atomic E-state index is -0.223. The van der Waals surface area contributed by atoms with Crippen LogP contribution in [0.4, 0.5) is 11.4 Å². The van der Waals surface area contributed by atoms with Crippen molar-refractivity contribution in [3.63, 3.8) is 0 Å². The number of carbonyl (C=O) groups is 2. The number of aromatic nitrogens is 1. The van der Waals surface area contributed by atoms with E-state index in [9.17, 15) is 9.59 Å². The van der Waals surface area contributed by atoms with E-state index in [1.165, 1.54) is 0 Å². The third-order valence-electron chi connectivity index (χ3n) is 4.92. The van der Waals surface area contributed by atoms with E-state index in [2.05, 4.69) is 20.5 Å². The van der Waals surface area contributed by atoms with Gasteiger partial charge in [0.1, 0.15) is 5.75 Å². The quantitative estimate of drug-likeness (QED) is 0.563. The second kappa shape index (κ2) is 9.72. The van der Waals surface area contributed by atoms with Gasteiger partial charge in [0, 0.05) is 36.3 Å². The maximum absolute atomic E-state index is 12.4. The number of amides is 2. The summed E-state index contributed by atoms with van der Waals surface area (Å²) in [5.74, 6) is 0.415. The molecule has 0 radical (unpaired) electrons. The Morgan fingerprint density at radius 2 is 2.13 bits per heavy atom. The highest BCUT2D eigenvalue weighted by molar-refractivity contribution is 7.07. The first-order valence-electron chi connectivity index (χ1n) is 10.0. The van der Waals surface area contributed by atoms with Crippen LogP contribution in [0.15, 0.2) is 53.4 Å². The van der Waals surface area contributed by atoms with Crippen LogP contribution in [0.25, 0.3) is 0 Å². The van der Waals surface area contributed by atoms with Crippen molar-refractivity contribution in [3.8, 4) is 5.75 Å². The molecule has 0 saturated carbocycles. The summed E-state index contributed by atoms with van der Waals surface area (Å²) < 4.78 is 5.65. The Morgan fingerprint density at radius 3 is 2.97 bits per heavy atom. The number of rotatable bonds is 8. The minimum absolute atomic E-state index is 0.0251. The lowest BCUT2D eigenvalue weighted by atomic mass is 10.0. The number of fused-ring (bicyclic) bond motifs is 1. The Labute approximate surface area is 185 Å². The number of anilines is 2. The van der Waals surface area contributed by atoms with Crippen LogP contribution in [-0.2, 0) is 29.1 Å². The van der Waals surface area contributed by atoms with E-state index in [4.69, 9.17) is 4.74 Å². The first kappa shape index (κ1) is 21.0. The van der Waals surface area contributed by atoms with E-state index in [1.807, 2.05) is 54.3 Å². The molecule has 3 aromatic rings. The summed E-state index contributed by atoms with van der Waals surface area (Å²) in [7, 11) is 2.04. The number of thiazole rings is 1. The highest BCUT2D eigenvalue weighted by Crippen LogP contribution is 2.26. The van der Waals surface area contributed by atoms with Crippen LogP contribution in [0.3, 0.4) is 0 Å². The molecule has 2 aromatic carbocycles. The molecule has 1 aromatic heterocycles. The number of nitrogens with zero attached hydrogens (tertiary/aromatic N) is 2. The minimum Gasteiger partial charge on any atom is -0.484 e. The molecule has 0 atom stereocenters. The normalized spacial score (nSPS) is 12.9. The molecule has 2 heterocycles. The Kier molecular flexibility index (Phi) is 6.59. The van der Waals surface area contributed by atoms with Crippen molar-refractivity contribution in [1.29, 1.82) is 0 Å². The number of carbonyl (C=O) groups excluding carboxylic acids is 2. The van der Waals surface area contributed by atoms with Crippen LogP contribution in [0.2, 0.25) is 0 Å². The van der Waals surface area contributed by atoms with E-state index in [1.54, 1.807) is 17.4 Å². The fourth-order valence-corrected chi connectivity index (χ4v) is 4.05. The van der Waals surface area contributed by atoms with Gasteiger partial charge in [-0.15, -0.1) is 11.3 Å². The Bertz CT molecular complexity index is 1070. The molecule has 7 nitrogen and oxygen atoms in total. The Morgan fingerprint density at radius 1 is 1.23 bits per heavy atom. The number of hydrogen-bond acceptors (Lipinski definition) is 6. The smallest absolute Gasteiger partial charge is 0.262 e. The lowest BCUT2D eigenvalue weighted by molar-refractivity contribution is -0.118. The second-order valence-electron chi connectivity index (χ2n) is 7.56. The van der Waals surface area contributed by atoms with Gasteiger partial charge in [-0.3, -0.25) is 14.5 Å². The van der Waals surface area contributed by atoms with Gasteiger partial charge in [-0.25, -0.2) is 4.98 Å². The van der Waals surface area contributed by atoms with Crippen molar-refractivity contribution in [3.05, 3.63) is 70.2 Å². The van der Waals surface area contributed by atoms with Gasteiger partial charge in [-0.05, 0) is 54.9 Å². The van der Waals surface area contributed by atoms with Crippen molar-refractivity contribution in [2.75, 3.05) is 24.3 Å². The van der Waals surface area contributed by atoms with Crippen LogP contribution in [0, 0.1) is 0 Å². The molecule has 0 aliphatic carbocycles. The molecule has 31 heavy (non-hydrogen) atoms. The van der Waals surface area contributed by atoms with Gasteiger partial charge in [-0.2, -0.15) is 0 Å². The average molecular weight is 437 g/mol. The predicted molar refractivity (Wildman–Crippen MR) is 121 cm³/mol. The maximum Gasteiger partial charge on any atom is 0.262 e. The standard InChI is InChI=1S/C23H24N4O3S/c1-27(12-19-14-31-15-24-19)11-16-3-2-4-18(9-16)25-23(29)13-30-20-6-7-21-17(10-20)5-8-22(28)26-21/h2-4,6-7,9-10,14-15H,5,8,11-13H2,1H3,(H,25,29)(H,26,28). The zero-order valence-corrected chi connectivity index (χ0v) is 18.1. The lowest BCUT2D eigenvalue weighted by Crippen LogP contribution is -2.21. The van der Waals surface area contributed by atoms with Gasteiger partial charge in [0.25, 0.3) is 5.91 Å². The fraction of sp³-hybridized carbons (Fsp3) is 0.261. The molecule has 0 spiro atoms. The molecule has 0 saturated heterocycles. The van der Waals surface area contributed by atoms with Gasteiger partial charge in [-0.1, -0.05) is 12.1 Å². The largest absolute Gasteiger partial charge is 0.484 e. The maximum atomic E-state index is 12.4. The van der Waals surface area contributed by atoms with Gasteiger partial charge < -0.3 is 15.4 Å². The molecular formula is C23H24N4O3S. The molecular weight excluding hydrogens is 412 g/mol. The molecule has 1 aliphatic rings. The number of hydrogen-bond donors (Lipinski definition) is 2. The number of nitrogens with one attached hydrogen (secondary N) is 2. The summed E-state index contributed by atoms with van der Waals surface area (Å²) in [6.45, 7) is 1.45. The molecule has 2 amide bonds. The van der Waals surface area contributed by atoms with Gasteiger partial charge in [0.05, 0.1) is 11.2 Å². The third kappa shape index (κ3) is 5.90. The molecule has 8 heteroatoms. The molecule has 2 N–H and O–H groups in total. The highest BCUT2D eigenvalue weighted by Gasteiger charge is 2.15. The number of benzene rings is 2. The van der Waals surface area contributed by atoms with Crippen molar-refractivity contribution < 1.29 is 14.3 Å². The monoisotopic (exact) mass is 436 g/mol.